The quantitative estimate of drug-likeness (QED) is 0.457. The standard InChI is InChI=1S/C21H17F3N4O3/c1-12(2)28-19-14(11-25-28)13(10-16(26-19)17-8-5-9-30-17)20(29)27-15-6-3-4-7-18(15)31-21(22,23)24/h3-12H,1-2H3,(H,27,29). The number of aromatic nitrogens is 3. The molecule has 0 radical (unpaired) electrons. The summed E-state index contributed by atoms with van der Waals surface area (Å²) in [5, 5.41) is 7.25. The maximum absolute atomic E-state index is 13.1. The van der Waals surface area contributed by atoms with Gasteiger partial charge in [-0.15, -0.1) is 13.2 Å². The van der Waals surface area contributed by atoms with Crippen LogP contribution < -0.4 is 10.1 Å². The molecule has 4 rings (SSSR count). The first kappa shape index (κ1) is 20.5. The maximum atomic E-state index is 13.1. The number of carbonyl (C=O) groups excluding carboxylic acids is 1. The van der Waals surface area contributed by atoms with Gasteiger partial charge in [-0.2, -0.15) is 5.10 Å². The summed E-state index contributed by atoms with van der Waals surface area (Å²) in [4.78, 5) is 17.7. The summed E-state index contributed by atoms with van der Waals surface area (Å²) in [6, 6.07) is 10.2. The fraction of sp³-hybridized carbons (Fsp3) is 0.190. The number of pyridine rings is 1. The van der Waals surface area contributed by atoms with Crippen molar-refractivity contribution in [2.24, 2.45) is 0 Å². The molecule has 0 saturated heterocycles. The van der Waals surface area contributed by atoms with Gasteiger partial charge in [0.1, 0.15) is 5.69 Å². The lowest BCUT2D eigenvalue weighted by Gasteiger charge is -2.14. The van der Waals surface area contributed by atoms with Gasteiger partial charge in [0, 0.05) is 6.04 Å². The zero-order valence-electron chi connectivity index (χ0n) is 16.5. The van der Waals surface area contributed by atoms with E-state index in [1.807, 2.05) is 13.8 Å². The van der Waals surface area contributed by atoms with Gasteiger partial charge in [0.15, 0.2) is 17.2 Å². The fourth-order valence-electron chi connectivity index (χ4n) is 3.11. The van der Waals surface area contributed by atoms with Crippen LogP contribution in [0.3, 0.4) is 0 Å². The van der Waals surface area contributed by atoms with Crippen molar-refractivity contribution in [3.63, 3.8) is 0 Å². The Balaban J connectivity index is 1.78. The predicted octanol–water partition coefficient (Wildman–Crippen LogP) is 5.42. The number of ether oxygens (including phenoxy) is 1. The van der Waals surface area contributed by atoms with Gasteiger partial charge in [-0.05, 0) is 44.2 Å². The Labute approximate surface area is 174 Å². The van der Waals surface area contributed by atoms with Crippen molar-refractivity contribution in [1.29, 1.82) is 0 Å². The van der Waals surface area contributed by atoms with Crippen LogP contribution in [0.4, 0.5) is 18.9 Å². The van der Waals surface area contributed by atoms with Crippen LogP contribution in [0, 0.1) is 0 Å². The molecular formula is C21H17F3N4O3. The van der Waals surface area contributed by atoms with E-state index in [2.05, 4.69) is 20.1 Å². The summed E-state index contributed by atoms with van der Waals surface area (Å²) in [5.74, 6) is -0.715. The number of hydrogen-bond acceptors (Lipinski definition) is 5. The Bertz CT molecular complexity index is 1230. The number of benzene rings is 1. The highest BCUT2D eigenvalue weighted by Gasteiger charge is 2.32. The van der Waals surface area contributed by atoms with E-state index in [4.69, 9.17) is 4.42 Å². The van der Waals surface area contributed by atoms with Crippen LogP contribution in [0.2, 0.25) is 0 Å². The lowest BCUT2D eigenvalue weighted by Crippen LogP contribution is -2.19. The molecule has 7 nitrogen and oxygen atoms in total. The van der Waals surface area contributed by atoms with Gasteiger partial charge in [0.05, 0.1) is 29.1 Å². The Morgan fingerprint density at radius 1 is 1.19 bits per heavy atom. The Kier molecular flexibility index (Phi) is 5.14. The van der Waals surface area contributed by atoms with E-state index >= 15 is 0 Å². The summed E-state index contributed by atoms with van der Waals surface area (Å²) in [6.07, 6.45) is -1.91. The van der Waals surface area contributed by atoms with Crippen molar-refractivity contribution < 1.29 is 27.1 Å². The monoisotopic (exact) mass is 430 g/mol. The molecule has 160 valence electrons. The van der Waals surface area contributed by atoms with Crippen molar-refractivity contribution >= 4 is 22.6 Å². The minimum Gasteiger partial charge on any atom is -0.463 e. The van der Waals surface area contributed by atoms with Crippen LogP contribution in [0.5, 0.6) is 5.75 Å². The van der Waals surface area contributed by atoms with E-state index in [0.717, 1.165) is 6.07 Å². The predicted molar refractivity (Wildman–Crippen MR) is 107 cm³/mol. The zero-order valence-corrected chi connectivity index (χ0v) is 16.5. The number of nitrogens with zero attached hydrogens (tertiary/aromatic N) is 3. The highest BCUT2D eigenvalue weighted by Crippen LogP contribution is 2.32. The summed E-state index contributed by atoms with van der Waals surface area (Å²) < 4.78 is 49.2. The van der Waals surface area contributed by atoms with Gasteiger partial charge in [0.2, 0.25) is 0 Å². The van der Waals surface area contributed by atoms with Gasteiger partial charge >= 0.3 is 6.36 Å². The molecule has 1 amide bonds. The Morgan fingerprint density at radius 3 is 2.65 bits per heavy atom. The highest BCUT2D eigenvalue weighted by atomic mass is 19.4. The molecule has 10 heteroatoms. The second-order valence-electron chi connectivity index (χ2n) is 6.95. The number of halogens is 3. The number of hydrogen-bond donors (Lipinski definition) is 1. The number of fused-ring (bicyclic) bond motifs is 1. The largest absolute Gasteiger partial charge is 0.573 e. The minimum absolute atomic E-state index is 0.0336. The van der Waals surface area contributed by atoms with Gasteiger partial charge in [0.25, 0.3) is 5.91 Å². The van der Waals surface area contributed by atoms with Gasteiger partial charge in [-0.25, -0.2) is 9.67 Å². The van der Waals surface area contributed by atoms with Gasteiger partial charge in [-0.1, -0.05) is 12.1 Å². The Morgan fingerprint density at radius 2 is 1.97 bits per heavy atom. The highest BCUT2D eigenvalue weighted by molar-refractivity contribution is 6.13. The molecule has 0 unspecified atom stereocenters. The van der Waals surface area contributed by atoms with E-state index < -0.39 is 18.0 Å². The SMILES string of the molecule is CC(C)n1ncc2c(C(=O)Nc3ccccc3OC(F)(F)F)cc(-c3ccco3)nc21. The third-order valence-electron chi connectivity index (χ3n) is 4.44. The Hall–Kier alpha value is -3.82. The molecule has 1 N–H and O–H groups in total. The number of amides is 1. The van der Waals surface area contributed by atoms with Crippen molar-refractivity contribution in [1.82, 2.24) is 14.8 Å². The van der Waals surface area contributed by atoms with Crippen molar-refractivity contribution in [2.45, 2.75) is 26.3 Å². The van der Waals surface area contributed by atoms with Crippen LogP contribution in [0.1, 0.15) is 30.2 Å². The number of carbonyl (C=O) groups is 1. The van der Waals surface area contributed by atoms with Gasteiger partial charge < -0.3 is 14.5 Å². The second kappa shape index (κ2) is 7.78. The average Bonchev–Trinajstić information content (AvgIpc) is 3.37. The molecule has 0 aliphatic heterocycles. The molecule has 4 aromatic rings. The van der Waals surface area contributed by atoms with Crippen LogP contribution in [0.15, 0.2) is 59.3 Å². The number of furan rings is 1. The van der Waals surface area contributed by atoms with E-state index in [1.54, 1.807) is 16.8 Å². The molecule has 0 fully saturated rings. The molecule has 0 aliphatic rings. The molecule has 3 heterocycles. The van der Waals surface area contributed by atoms with Crippen molar-refractivity contribution in [3.8, 4) is 17.2 Å². The van der Waals surface area contributed by atoms with Crippen LogP contribution in [-0.4, -0.2) is 27.0 Å². The van der Waals surface area contributed by atoms with E-state index in [1.165, 1.54) is 36.7 Å². The first-order valence-electron chi connectivity index (χ1n) is 9.31. The molecule has 0 aliphatic carbocycles. The molecule has 0 bridgehead atoms. The number of para-hydroxylation sites is 2. The summed E-state index contributed by atoms with van der Waals surface area (Å²) >= 11 is 0. The number of rotatable bonds is 5. The second-order valence-corrected chi connectivity index (χ2v) is 6.95. The zero-order chi connectivity index (χ0) is 22.2. The third kappa shape index (κ3) is 4.23. The number of nitrogens with one attached hydrogen (secondary N) is 1. The fourth-order valence-corrected chi connectivity index (χ4v) is 3.11. The van der Waals surface area contributed by atoms with Crippen LogP contribution >= 0.6 is 0 Å². The van der Waals surface area contributed by atoms with Crippen molar-refractivity contribution in [2.75, 3.05) is 5.32 Å². The lowest BCUT2D eigenvalue weighted by molar-refractivity contribution is -0.274. The summed E-state index contributed by atoms with van der Waals surface area (Å²) in [6.45, 7) is 3.83. The lowest BCUT2D eigenvalue weighted by atomic mass is 10.1. The number of alkyl halides is 3. The molecular weight excluding hydrogens is 413 g/mol. The molecule has 0 atom stereocenters. The first-order valence-corrected chi connectivity index (χ1v) is 9.31. The minimum atomic E-state index is -4.89. The van der Waals surface area contributed by atoms with E-state index in [-0.39, 0.29) is 17.3 Å². The average molecular weight is 430 g/mol. The topological polar surface area (TPSA) is 82.2 Å². The summed E-state index contributed by atoms with van der Waals surface area (Å²) in [5.41, 5.74) is 0.912. The molecule has 0 spiro atoms. The van der Waals surface area contributed by atoms with E-state index in [0.29, 0.717) is 22.5 Å². The smallest absolute Gasteiger partial charge is 0.463 e. The van der Waals surface area contributed by atoms with Crippen LogP contribution in [0.25, 0.3) is 22.5 Å². The van der Waals surface area contributed by atoms with Crippen LogP contribution in [-0.2, 0) is 0 Å². The van der Waals surface area contributed by atoms with Gasteiger partial charge in [-0.3, -0.25) is 4.79 Å². The normalized spacial score (nSPS) is 11.8. The molecule has 1 aromatic carbocycles. The van der Waals surface area contributed by atoms with E-state index in [9.17, 15) is 18.0 Å². The maximum Gasteiger partial charge on any atom is 0.573 e. The molecule has 31 heavy (non-hydrogen) atoms. The third-order valence-corrected chi connectivity index (χ3v) is 4.44. The van der Waals surface area contributed by atoms with Crippen molar-refractivity contribution in [3.05, 3.63) is 60.5 Å². The molecule has 0 saturated carbocycles. The number of anilines is 1. The summed E-state index contributed by atoms with van der Waals surface area (Å²) in [7, 11) is 0. The molecule has 3 aromatic heterocycles. The first-order chi connectivity index (χ1) is 14.7.